The average Bonchev–Trinajstić information content (AvgIpc) is 3.07. The van der Waals surface area contributed by atoms with Crippen LogP contribution >= 0.6 is 0 Å². The molecule has 0 bridgehead atoms. The van der Waals surface area contributed by atoms with Gasteiger partial charge in [-0.05, 0) is 54.5 Å². The van der Waals surface area contributed by atoms with Crippen LogP contribution in [0.15, 0.2) is 83.9 Å². The van der Waals surface area contributed by atoms with Gasteiger partial charge >= 0.3 is 0 Å². The highest BCUT2D eigenvalue weighted by molar-refractivity contribution is 6.05. The van der Waals surface area contributed by atoms with Crippen LogP contribution in [-0.4, -0.2) is 35.6 Å². The van der Waals surface area contributed by atoms with E-state index < -0.39 is 17.1 Å². The quantitative estimate of drug-likeness (QED) is 0.559. The smallest absolute Gasteiger partial charge is 0.279 e. The largest absolute Gasteiger partial charge is 0.360 e. The number of halogens is 1. The van der Waals surface area contributed by atoms with Crippen LogP contribution in [0.4, 0.5) is 4.39 Å². The van der Waals surface area contributed by atoms with Crippen LogP contribution in [0.2, 0.25) is 0 Å². The van der Waals surface area contributed by atoms with Gasteiger partial charge in [0.1, 0.15) is 11.7 Å². The first-order valence-corrected chi connectivity index (χ1v) is 12.5. The van der Waals surface area contributed by atoms with Crippen LogP contribution in [0.1, 0.15) is 46.3 Å². The van der Waals surface area contributed by atoms with E-state index >= 15 is 0 Å². The van der Waals surface area contributed by atoms with Gasteiger partial charge in [0, 0.05) is 31.6 Å². The van der Waals surface area contributed by atoms with Gasteiger partial charge in [-0.25, -0.2) is 4.39 Å². The van der Waals surface area contributed by atoms with E-state index in [-0.39, 0.29) is 5.91 Å². The topological polar surface area (TPSA) is 61.8 Å². The van der Waals surface area contributed by atoms with E-state index in [1.165, 1.54) is 12.1 Å². The molecule has 184 valence electrons. The summed E-state index contributed by atoms with van der Waals surface area (Å²) in [7, 11) is 0. The molecular formula is C30H30FN3O2. The average molecular weight is 484 g/mol. The lowest BCUT2D eigenvalue weighted by atomic mass is 9.72. The zero-order chi connectivity index (χ0) is 25.0. The fourth-order valence-corrected chi connectivity index (χ4v) is 5.30. The van der Waals surface area contributed by atoms with Crippen molar-refractivity contribution in [2.75, 3.05) is 13.1 Å². The Hall–Kier alpha value is -3.80. The van der Waals surface area contributed by atoms with E-state index in [0.29, 0.717) is 57.3 Å². The number of benzene rings is 3. The second-order valence-corrected chi connectivity index (χ2v) is 9.73. The maximum atomic E-state index is 13.7. The molecule has 0 unspecified atom stereocenters. The molecule has 5 rings (SSSR count). The number of amides is 2. The van der Waals surface area contributed by atoms with Crippen molar-refractivity contribution < 1.29 is 14.0 Å². The molecule has 6 heteroatoms. The predicted molar refractivity (Wildman–Crippen MR) is 138 cm³/mol. The van der Waals surface area contributed by atoms with E-state index in [1.807, 2.05) is 48.5 Å². The van der Waals surface area contributed by atoms with Crippen LogP contribution in [0.5, 0.6) is 0 Å². The molecule has 0 aliphatic carbocycles. The zero-order valence-corrected chi connectivity index (χ0v) is 20.3. The number of nitrogens with zero attached hydrogens (tertiary/aromatic N) is 2. The van der Waals surface area contributed by atoms with Gasteiger partial charge in [0.15, 0.2) is 0 Å². The monoisotopic (exact) mass is 483 g/mol. The molecule has 2 aliphatic heterocycles. The minimum Gasteiger partial charge on any atom is -0.360 e. The third kappa shape index (κ3) is 5.23. The van der Waals surface area contributed by atoms with E-state index in [4.69, 9.17) is 0 Å². The summed E-state index contributed by atoms with van der Waals surface area (Å²) in [6.07, 6.45) is 3.26. The number of fused-ring (bicyclic) bond motifs is 1. The van der Waals surface area contributed by atoms with Crippen molar-refractivity contribution in [2.24, 2.45) is 10.4 Å². The normalized spacial score (nSPS) is 17.1. The third-order valence-electron chi connectivity index (χ3n) is 7.40. The summed E-state index contributed by atoms with van der Waals surface area (Å²) in [6.45, 7) is 1.78. The van der Waals surface area contributed by atoms with Gasteiger partial charge in [-0.2, -0.15) is 4.99 Å². The molecule has 0 spiro atoms. The summed E-state index contributed by atoms with van der Waals surface area (Å²) in [5.74, 6) is -0.0177. The lowest BCUT2D eigenvalue weighted by Crippen LogP contribution is -2.51. The minimum atomic E-state index is -0.534. The van der Waals surface area contributed by atoms with Gasteiger partial charge in [-0.3, -0.25) is 9.59 Å². The van der Waals surface area contributed by atoms with E-state index in [0.717, 1.165) is 22.5 Å². The van der Waals surface area contributed by atoms with Gasteiger partial charge in [0.05, 0.1) is 5.41 Å². The maximum absolute atomic E-state index is 13.7. The molecule has 0 aromatic heterocycles. The Morgan fingerprint density at radius 3 is 2.28 bits per heavy atom. The SMILES string of the molecule is O=C1N=C(N2CCC(Cc3ccccc3)(C(=O)NCc3ccccc3)CC2)CCc2ccc(F)cc21. The van der Waals surface area contributed by atoms with Crippen molar-refractivity contribution in [3.8, 4) is 0 Å². The first kappa shape index (κ1) is 23.9. The summed E-state index contributed by atoms with van der Waals surface area (Å²) in [4.78, 5) is 32.9. The van der Waals surface area contributed by atoms with E-state index in [1.54, 1.807) is 6.07 Å². The van der Waals surface area contributed by atoms with Crippen LogP contribution in [-0.2, 0) is 24.2 Å². The van der Waals surface area contributed by atoms with Gasteiger partial charge in [0.25, 0.3) is 5.91 Å². The lowest BCUT2D eigenvalue weighted by Gasteiger charge is -2.42. The summed E-state index contributed by atoms with van der Waals surface area (Å²) in [6, 6.07) is 24.4. The Labute approximate surface area is 211 Å². The number of aryl methyl sites for hydroxylation is 1. The number of nitrogens with one attached hydrogen (secondary N) is 1. The molecule has 0 radical (unpaired) electrons. The molecule has 0 atom stereocenters. The molecule has 2 aliphatic rings. The highest BCUT2D eigenvalue weighted by atomic mass is 19.1. The van der Waals surface area contributed by atoms with Crippen LogP contribution < -0.4 is 5.32 Å². The van der Waals surface area contributed by atoms with Crippen LogP contribution in [0, 0.1) is 11.2 Å². The highest BCUT2D eigenvalue weighted by Crippen LogP contribution is 2.36. The number of amidine groups is 1. The van der Waals surface area contributed by atoms with E-state index in [2.05, 4.69) is 27.3 Å². The van der Waals surface area contributed by atoms with Crippen molar-refractivity contribution in [1.29, 1.82) is 0 Å². The van der Waals surface area contributed by atoms with Gasteiger partial charge in [-0.15, -0.1) is 0 Å². The molecule has 3 aromatic rings. The molecule has 5 nitrogen and oxygen atoms in total. The Morgan fingerprint density at radius 2 is 1.58 bits per heavy atom. The number of hydrogen-bond acceptors (Lipinski definition) is 3. The Kier molecular flexibility index (Phi) is 6.94. The standard InChI is InChI=1S/C30H30FN3O2/c31-25-13-11-24-12-14-27(33-28(35)26(24)19-25)34-17-15-30(16-18-34,20-22-7-3-1-4-8-22)29(36)32-21-23-9-5-2-6-10-23/h1-11,13,19H,12,14-18,20-21H2,(H,32,36). The Morgan fingerprint density at radius 1 is 0.917 bits per heavy atom. The van der Waals surface area contributed by atoms with Crippen molar-refractivity contribution in [2.45, 2.75) is 38.6 Å². The molecule has 0 saturated carbocycles. The maximum Gasteiger partial charge on any atom is 0.279 e. The lowest BCUT2D eigenvalue weighted by molar-refractivity contribution is -0.133. The fourth-order valence-electron chi connectivity index (χ4n) is 5.30. The van der Waals surface area contributed by atoms with Crippen LogP contribution in [0.25, 0.3) is 0 Å². The molecule has 1 saturated heterocycles. The number of piperidine rings is 1. The number of aliphatic imine (C=N–C) groups is 1. The summed E-state index contributed by atoms with van der Waals surface area (Å²) in [5, 5.41) is 3.18. The van der Waals surface area contributed by atoms with Gasteiger partial charge in [-0.1, -0.05) is 66.7 Å². The van der Waals surface area contributed by atoms with Crippen molar-refractivity contribution in [3.05, 3.63) is 107 Å². The third-order valence-corrected chi connectivity index (χ3v) is 7.40. The zero-order valence-electron chi connectivity index (χ0n) is 20.3. The number of carbonyl (C=O) groups excluding carboxylic acids is 2. The number of rotatable bonds is 5. The van der Waals surface area contributed by atoms with Gasteiger partial charge in [0.2, 0.25) is 5.91 Å². The van der Waals surface area contributed by atoms with Crippen molar-refractivity contribution >= 4 is 17.6 Å². The molecule has 3 aromatic carbocycles. The molecule has 1 N–H and O–H groups in total. The Bertz CT molecular complexity index is 1270. The van der Waals surface area contributed by atoms with Crippen molar-refractivity contribution in [1.82, 2.24) is 10.2 Å². The van der Waals surface area contributed by atoms with Crippen LogP contribution in [0.3, 0.4) is 0 Å². The second-order valence-electron chi connectivity index (χ2n) is 9.73. The molecule has 2 heterocycles. The Balaban J connectivity index is 1.32. The highest BCUT2D eigenvalue weighted by Gasteiger charge is 2.42. The van der Waals surface area contributed by atoms with Crippen molar-refractivity contribution in [3.63, 3.8) is 0 Å². The predicted octanol–water partition coefficient (Wildman–Crippen LogP) is 4.95. The van der Waals surface area contributed by atoms with Gasteiger partial charge < -0.3 is 10.2 Å². The molecule has 36 heavy (non-hydrogen) atoms. The molecule has 2 amide bonds. The molecular weight excluding hydrogens is 453 g/mol. The van der Waals surface area contributed by atoms with E-state index in [9.17, 15) is 14.0 Å². The summed E-state index contributed by atoms with van der Waals surface area (Å²) < 4.78 is 13.7. The minimum absolute atomic E-state index is 0.0663. The number of carbonyl (C=O) groups is 2. The second kappa shape index (κ2) is 10.4. The number of hydrogen-bond donors (Lipinski definition) is 1. The molecule has 1 fully saturated rings. The first-order chi connectivity index (χ1) is 17.5. The summed E-state index contributed by atoms with van der Waals surface area (Å²) >= 11 is 0. The fraction of sp³-hybridized carbons (Fsp3) is 0.300. The number of likely N-dealkylation sites (tertiary alicyclic amines) is 1. The summed E-state index contributed by atoms with van der Waals surface area (Å²) in [5.41, 5.74) is 2.85. The first-order valence-electron chi connectivity index (χ1n) is 12.5.